The highest BCUT2D eigenvalue weighted by Crippen LogP contribution is 2.30. The molecule has 1 amide bonds. The van der Waals surface area contributed by atoms with E-state index in [1.807, 2.05) is 0 Å². The number of carbonyl (C=O) groups excluding carboxylic acids is 1. The Labute approximate surface area is 98.8 Å². The lowest BCUT2D eigenvalue weighted by atomic mass is 10.1. The van der Waals surface area contributed by atoms with Crippen LogP contribution in [0, 0.1) is 15.9 Å². The van der Waals surface area contributed by atoms with Gasteiger partial charge >= 0.3 is 0 Å². The van der Waals surface area contributed by atoms with Gasteiger partial charge in [0.05, 0.1) is 10.5 Å². The van der Waals surface area contributed by atoms with E-state index in [-0.39, 0.29) is 17.0 Å². The standard InChI is InChI=1S/C9H6FN5O3/c10-4-1-2-6(15(17)18)5(3-4)7-8(9(11)16)13-14-12-7/h1-3H,(H2,11,16)(H,12,13,14). The van der Waals surface area contributed by atoms with Gasteiger partial charge in [0.1, 0.15) is 11.5 Å². The fourth-order valence-electron chi connectivity index (χ4n) is 1.45. The summed E-state index contributed by atoms with van der Waals surface area (Å²) < 4.78 is 13.1. The highest BCUT2D eigenvalue weighted by molar-refractivity contribution is 5.97. The van der Waals surface area contributed by atoms with E-state index in [0.717, 1.165) is 18.2 Å². The molecule has 92 valence electrons. The molecule has 0 spiro atoms. The summed E-state index contributed by atoms with van der Waals surface area (Å²) in [5, 5.41) is 20.0. The molecule has 0 saturated carbocycles. The van der Waals surface area contributed by atoms with Gasteiger partial charge in [-0.1, -0.05) is 0 Å². The number of benzene rings is 1. The van der Waals surface area contributed by atoms with Crippen molar-refractivity contribution in [3.63, 3.8) is 0 Å². The number of nitro groups is 1. The Morgan fingerprint density at radius 3 is 2.78 bits per heavy atom. The molecule has 1 aromatic heterocycles. The Bertz CT molecular complexity index is 639. The van der Waals surface area contributed by atoms with Crippen LogP contribution in [0.4, 0.5) is 10.1 Å². The monoisotopic (exact) mass is 251 g/mol. The number of nitro benzene ring substituents is 1. The molecule has 9 heteroatoms. The van der Waals surface area contributed by atoms with Gasteiger partial charge in [0.15, 0.2) is 5.69 Å². The number of nitrogens with one attached hydrogen (secondary N) is 1. The summed E-state index contributed by atoms with van der Waals surface area (Å²) in [5.74, 6) is -1.62. The van der Waals surface area contributed by atoms with Crippen LogP contribution in [0.2, 0.25) is 0 Å². The molecule has 0 aliphatic rings. The van der Waals surface area contributed by atoms with Crippen LogP contribution >= 0.6 is 0 Å². The fraction of sp³-hybridized carbons (Fsp3) is 0. The lowest BCUT2D eigenvalue weighted by Gasteiger charge is -2.00. The largest absolute Gasteiger partial charge is 0.364 e. The van der Waals surface area contributed by atoms with Gasteiger partial charge in [-0.15, -0.1) is 0 Å². The van der Waals surface area contributed by atoms with Gasteiger partial charge in [-0.2, -0.15) is 15.4 Å². The molecule has 3 N–H and O–H groups in total. The molecule has 1 aromatic carbocycles. The normalized spacial score (nSPS) is 10.3. The fourth-order valence-corrected chi connectivity index (χ4v) is 1.45. The zero-order chi connectivity index (χ0) is 13.3. The minimum atomic E-state index is -0.919. The number of primary amides is 1. The van der Waals surface area contributed by atoms with Crippen molar-refractivity contribution in [1.29, 1.82) is 0 Å². The molecule has 0 radical (unpaired) electrons. The minimum Gasteiger partial charge on any atom is -0.364 e. The molecule has 0 saturated heterocycles. The number of hydrogen-bond donors (Lipinski definition) is 2. The quantitative estimate of drug-likeness (QED) is 0.610. The van der Waals surface area contributed by atoms with Crippen molar-refractivity contribution in [2.24, 2.45) is 5.73 Å². The zero-order valence-electron chi connectivity index (χ0n) is 8.75. The third-order valence-electron chi connectivity index (χ3n) is 2.19. The van der Waals surface area contributed by atoms with Crippen molar-refractivity contribution in [3.8, 4) is 11.3 Å². The molecule has 2 rings (SSSR count). The Morgan fingerprint density at radius 2 is 2.17 bits per heavy atom. The van der Waals surface area contributed by atoms with Gasteiger partial charge < -0.3 is 5.73 Å². The van der Waals surface area contributed by atoms with E-state index in [0.29, 0.717) is 0 Å². The highest BCUT2D eigenvalue weighted by Gasteiger charge is 2.23. The molecule has 0 atom stereocenters. The molecule has 18 heavy (non-hydrogen) atoms. The first-order valence-electron chi connectivity index (χ1n) is 4.65. The number of aromatic amines is 1. The smallest absolute Gasteiger partial charge is 0.279 e. The number of aromatic nitrogens is 3. The highest BCUT2D eigenvalue weighted by atomic mass is 19.1. The number of H-pyrrole nitrogens is 1. The van der Waals surface area contributed by atoms with Gasteiger partial charge in [0.2, 0.25) is 0 Å². The van der Waals surface area contributed by atoms with E-state index < -0.39 is 22.3 Å². The van der Waals surface area contributed by atoms with Crippen LogP contribution in [0.15, 0.2) is 18.2 Å². The summed E-state index contributed by atoms with van der Waals surface area (Å²) in [4.78, 5) is 21.2. The number of nitrogens with two attached hydrogens (primary N) is 1. The van der Waals surface area contributed by atoms with Crippen LogP contribution in [0.25, 0.3) is 11.3 Å². The summed E-state index contributed by atoms with van der Waals surface area (Å²) >= 11 is 0. The Balaban J connectivity index is 2.69. The van der Waals surface area contributed by atoms with Crippen LogP contribution in [-0.2, 0) is 0 Å². The van der Waals surface area contributed by atoms with Crippen LogP contribution in [-0.4, -0.2) is 26.2 Å². The molecule has 1 heterocycles. The number of hydrogen-bond acceptors (Lipinski definition) is 5. The maximum Gasteiger partial charge on any atom is 0.279 e. The van der Waals surface area contributed by atoms with Gasteiger partial charge in [-0.05, 0) is 12.1 Å². The van der Waals surface area contributed by atoms with Gasteiger partial charge in [0, 0.05) is 6.07 Å². The first-order valence-corrected chi connectivity index (χ1v) is 4.65. The van der Waals surface area contributed by atoms with Crippen molar-refractivity contribution in [2.45, 2.75) is 0 Å². The third kappa shape index (κ3) is 1.88. The van der Waals surface area contributed by atoms with E-state index in [1.54, 1.807) is 0 Å². The van der Waals surface area contributed by atoms with Crippen molar-refractivity contribution < 1.29 is 14.1 Å². The first-order chi connectivity index (χ1) is 8.50. The molecule has 8 nitrogen and oxygen atoms in total. The molecule has 0 unspecified atom stereocenters. The van der Waals surface area contributed by atoms with Crippen LogP contribution in [0.1, 0.15) is 10.5 Å². The van der Waals surface area contributed by atoms with Crippen molar-refractivity contribution in [1.82, 2.24) is 15.4 Å². The lowest BCUT2D eigenvalue weighted by Crippen LogP contribution is -2.13. The second-order valence-corrected chi connectivity index (χ2v) is 3.30. The molecular weight excluding hydrogens is 245 g/mol. The van der Waals surface area contributed by atoms with E-state index in [4.69, 9.17) is 5.73 Å². The number of nitrogens with zero attached hydrogens (tertiary/aromatic N) is 3. The summed E-state index contributed by atoms with van der Waals surface area (Å²) in [5.41, 5.74) is 4.03. The number of carbonyl (C=O) groups is 1. The van der Waals surface area contributed by atoms with Gasteiger partial charge in [-0.3, -0.25) is 14.9 Å². The average molecular weight is 251 g/mol. The van der Waals surface area contributed by atoms with E-state index >= 15 is 0 Å². The Morgan fingerprint density at radius 1 is 1.44 bits per heavy atom. The van der Waals surface area contributed by atoms with E-state index in [1.165, 1.54) is 0 Å². The second kappa shape index (κ2) is 4.20. The predicted molar refractivity (Wildman–Crippen MR) is 56.9 cm³/mol. The minimum absolute atomic E-state index is 0.159. The first kappa shape index (κ1) is 11.6. The van der Waals surface area contributed by atoms with Gasteiger partial charge in [-0.25, -0.2) is 4.39 Å². The summed E-state index contributed by atoms with van der Waals surface area (Å²) in [6, 6.07) is 2.80. The van der Waals surface area contributed by atoms with Crippen LogP contribution < -0.4 is 5.73 Å². The average Bonchev–Trinajstić information content (AvgIpc) is 2.77. The maximum absolute atomic E-state index is 13.1. The molecule has 0 fully saturated rings. The van der Waals surface area contributed by atoms with E-state index in [9.17, 15) is 19.3 Å². The molecular formula is C9H6FN5O3. The van der Waals surface area contributed by atoms with Crippen molar-refractivity contribution >= 4 is 11.6 Å². The lowest BCUT2D eigenvalue weighted by molar-refractivity contribution is -0.384. The SMILES string of the molecule is NC(=O)c1n[nH]nc1-c1cc(F)ccc1[N+](=O)[O-]. The van der Waals surface area contributed by atoms with Crippen molar-refractivity contribution in [2.75, 3.05) is 0 Å². The number of rotatable bonds is 3. The van der Waals surface area contributed by atoms with Crippen LogP contribution in [0.5, 0.6) is 0 Å². The summed E-state index contributed by atoms with van der Waals surface area (Å²) in [7, 11) is 0. The van der Waals surface area contributed by atoms with Gasteiger partial charge in [0.25, 0.3) is 11.6 Å². The molecule has 0 aliphatic carbocycles. The van der Waals surface area contributed by atoms with E-state index in [2.05, 4.69) is 15.4 Å². The van der Waals surface area contributed by atoms with Crippen molar-refractivity contribution in [3.05, 3.63) is 39.8 Å². The second-order valence-electron chi connectivity index (χ2n) is 3.30. The molecule has 2 aromatic rings. The summed E-state index contributed by atoms with van der Waals surface area (Å²) in [6.07, 6.45) is 0. The number of halogens is 1. The topological polar surface area (TPSA) is 128 Å². The molecule has 0 aliphatic heterocycles. The molecule has 0 bridgehead atoms. The predicted octanol–water partition coefficient (Wildman–Crippen LogP) is 0.618. The summed E-state index contributed by atoms with van der Waals surface area (Å²) in [6.45, 7) is 0. The Kier molecular flexibility index (Phi) is 2.72. The Hall–Kier alpha value is -2.84. The zero-order valence-corrected chi connectivity index (χ0v) is 8.75. The van der Waals surface area contributed by atoms with Crippen LogP contribution in [0.3, 0.4) is 0 Å². The third-order valence-corrected chi connectivity index (χ3v) is 2.19. The number of amides is 1. The maximum atomic E-state index is 13.1.